The van der Waals surface area contributed by atoms with Crippen LogP contribution in [0.25, 0.3) is 0 Å². The summed E-state index contributed by atoms with van der Waals surface area (Å²) in [6.45, 7) is 11.4. The Kier molecular flexibility index (Phi) is 11.5. The molecule has 0 aromatic heterocycles. The minimum absolute atomic E-state index is 0.0392. The van der Waals surface area contributed by atoms with Crippen molar-refractivity contribution in [2.75, 3.05) is 26.2 Å². The second-order valence-electron chi connectivity index (χ2n) is 12.7. The first-order valence-corrected chi connectivity index (χ1v) is 18.2. The highest BCUT2D eigenvalue weighted by Gasteiger charge is 2.76. The number of nitrogens with zero attached hydrogens (tertiary/aromatic N) is 3. The van der Waals surface area contributed by atoms with Gasteiger partial charge in [-0.3, -0.25) is 14.4 Å². The molecule has 0 aliphatic carbocycles. The maximum atomic E-state index is 14.9. The van der Waals surface area contributed by atoms with Gasteiger partial charge in [-0.2, -0.15) is 0 Å². The van der Waals surface area contributed by atoms with Crippen molar-refractivity contribution in [3.05, 3.63) is 97.1 Å². The number of aliphatic hydroxyl groups excluding tert-OH is 1. The summed E-state index contributed by atoms with van der Waals surface area (Å²) in [5.41, 5.74) is 1.98. The van der Waals surface area contributed by atoms with Gasteiger partial charge in [0.2, 0.25) is 17.7 Å². The molecule has 3 amide bonds. The van der Waals surface area contributed by atoms with E-state index in [2.05, 4.69) is 36.0 Å². The number of likely N-dealkylation sites (tertiary alicyclic amines) is 1. The molecule has 3 fully saturated rings. The lowest BCUT2D eigenvalue weighted by molar-refractivity contribution is -0.147. The van der Waals surface area contributed by atoms with Crippen LogP contribution in [0.3, 0.4) is 0 Å². The van der Waals surface area contributed by atoms with E-state index in [4.69, 9.17) is 0 Å². The Hall–Kier alpha value is -2.88. The van der Waals surface area contributed by atoms with Crippen molar-refractivity contribution in [1.29, 1.82) is 0 Å². The molecule has 1 N–H and O–H groups in total. The molecule has 9 heteroatoms. The second kappa shape index (κ2) is 15.3. The normalized spacial score (nSPS) is 26.9. The zero-order valence-corrected chi connectivity index (χ0v) is 29.1. The number of hydrogen-bond acceptors (Lipinski definition) is 5. The molecule has 3 unspecified atom stereocenters. The summed E-state index contributed by atoms with van der Waals surface area (Å²) in [5, 5.41) is 10.7. The van der Waals surface area contributed by atoms with Gasteiger partial charge in [-0.25, -0.2) is 0 Å². The highest BCUT2D eigenvalue weighted by molar-refractivity contribution is 9.09. The van der Waals surface area contributed by atoms with E-state index in [1.807, 2.05) is 65.6 Å². The van der Waals surface area contributed by atoms with Gasteiger partial charge >= 0.3 is 0 Å². The Morgan fingerprint density at radius 1 is 1.02 bits per heavy atom. The topological polar surface area (TPSA) is 81.2 Å². The lowest BCUT2D eigenvalue weighted by atomic mass is 9.70. The second-order valence-corrected chi connectivity index (χ2v) is 15.4. The van der Waals surface area contributed by atoms with Crippen LogP contribution in [0.4, 0.5) is 0 Å². The predicted octanol–water partition coefficient (Wildman–Crippen LogP) is 5.47. The van der Waals surface area contributed by atoms with Crippen molar-refractivity contribution in [2.24, 2.45) is 11.8 Å². The number of benzene rings is 2. The van der Waals surface area contributed by atoms with Gasteiger partial charge in [-0.15, -0.1) is 24.9 Å². The summed E-state index contributed by atoms with van der Waals surface area (Å²) >= 11 is 5.54. The Morgan fingerprint density at radius 2 is 1.65 bits per heavy atom. The molecule has 0 radical (unpaired) electrons. The fourth-order valence-corrected chi connectivity index (χ4v) is 11.3. The van der Waals surface area contributed by atoms with E-state index in [0.29, 0.717) is 39.0 Å². The van der Waals surface area contributed by atoms with Gasteiger partial charge in [0.15, 0.2) is 0 Å². The number of fused-ring (bicyclic) bond motifs is 1. The van der Waals surface area contributed by atoms with Crippen LogP contribution in [-0.2, 0) is 27.3 Å². The van der Waals surface area contributed by atoms with E-state index in [9.17, 15) is 19.5 Å². The minimum atomic E-state index is -0.803. The van der Waals surface area contributed by atoms with E-state index in [0.717, 1.165) is 30.4 Å². The van der Waals surface area contributed by atoms with Crippen molar-refractivity contribution >= 4 is 45.4 Å². The lowest BCUT2D eigenvalue weighted by Gasteiger charge is -2.40. The highest BCUT2D eigenvalue weighted by Crippen LogP contribution is 2.68. The molecular weight excluding hydrogens is 662 g/mol. The lowest BCUT2D eigenvalue weighted by Crippen LogP contribution is -2.58. The number of carbonyl (C=O) groups is 3. The molecular formula is C37H46BrN3O4S. The Morgan fingerprint density at radius 3 is 2.26 bits per heavy atom. The first-order chi connectivity index (χ1) is 22.3. The molecule has 0 saturated carbocycles. The van der Waals surface area contributed by atoms with Gasteiger partial charge in [0.05, 0.1) is 29.2 Å². The largest absolute Gasteiger partial charge is 0.394 e. The number of halogens is 1. The van der Waals surface area contributed by atoms with E-state index >= 15 is 0 Å². The van der Waals surface area contributed by atoms with Crippen molar-refractivity contribution in [1.82, 2.24) is 14.7 Å². The van der Waals surface area contributed by atoms with Gasteiger partial charge in [0.1, 0.15) is 6.04 Å². The predicted molar refractivity (Wildman–Crippen MR) is 188 cm³/mol. The van der Waals surface area contributed by atoms with Crippen LogP contribution in [0.5, 0.6) is 0 Å². The maximum absolute atomic E-state index is 14.9. The van der Waals surface area contributed by atoms with Gasteiger partial charge in [-0.1, -0.05) is 109 Å². The molecule has 2 aromatic rings. The van der Waals surface area contributed by atoms with E-state index in [-0.39, 0.29) is 34.4 Å². The fourth-order valence-electron chi connectivity index (χ4n) is 7.74. The van der Waals surface area contributed by atoms with Gasteiger partial charge in [0.25, 0.3) is 0 Å². The van der Waals surface area contributed by atoms with Crippen molar-refractivity contribution < 1.29 is 19.5 Å². The number of rotatable bonds is 16. The van der Waals surface area contributed by atoms with Crippen LogP contribution in [0.2, 0.25) is 0 Å². The summed E-state index contributed by atoms with van der Waals surface area (Å²) in [7, 11) is 0. The summed E-state index contributed by atoms with van der Waals surface area (Å²) in [6.07, 6.45) is 7.34. The quantitative estimate of drug-likeness (QED) is 0.142. The number of unbranched alkanes of at least 4 members (excludes halogenated alkanes) is 2. The van der Waals surface area contributed by atoms with Crippen LogP contribution in [0.1, 0.15) is 43.7 Å². The van der Waals surface area contributed by atoms with Crippen LogP contribution >= 0.6 is 27.7 Å². The molecule has 2 aromatic carbocycles. The maximum Gasteiger partial charge on any atom is 0.247 e. The Balaban J connectivity index is 1.56. The molecule has 2 bridgehead atoms. The number of alkyl halides is 1. The Bertz CT molecular complexity index is 1390. The Labute approximate surface area is 286 Å². The van der Waals surface area contributed by atoms with Gasteiger partial charge < -0.3 is 19.8 Å². The smallest absolute Gasteiger partial charge is 0.247 e. The molecule has 7 nitrogen and oxygen atoms in total. The van der Waals surface area contributed by atoms with Gasteiger partial charge in [-0.05, 0) is 30.4 Å². The number of amides is 3. The average Bonchev–Trinajstić information content (AvgIpc) is 3.66. The molecule has 3 saturated heterocycles. The van der Waals surface area contributed by atoms with Gasteiger partial charge in [0, 0.05) is 36.3 Å². The van der Waals surface area contributed by atoms with Crippen LogP contribution in [-0.4, -0.2) is 90.7 Å². The zero-order valence-electron chi connectivity index (χ0n) is 26.7. The molecule has 1 spiro atoms. The highest BCUT2D eigenvalue weighted by atomic mass is 79.9. The van der Waals surface area contributed by atoms with Crippen molar-refractivity contribution in [3.63, 3.8) is 0 Å². The average molecular weight is 709 g/mol. The number of hydrogen-bond donors (Lipinski definition) is 1. The van der Waals surface area contributed by atoms with E-state index in [1.54, 1.807) is 33.7 Å². The summed E-state index contributed by atoms with van der Waals surface area (Å²) in [5.74, 6) is -1.69. The third-order valence-electron chi connectivity index (χ3n) is 9.73. The molecule has 3 heterocycles. The first-order valence-electron chi connectivity index (χ1n) is 16.4. The molecule has 3 aliphatic heterocycles. The SMILES string of the molecule is C=CCN(CCCCC)C(=O)C1N([C@@H](CO)Cc2ccccc2)C(=O)[C@@H]2[C@@H](C(=O)N(CC=C)Cc3ccccc3)[C@@H]3SC12CC3Br. The van der Waals surface area contributed by atoms with Crippen LogP contribution in [0.15, 0.2) is 86.0 Å². The molecule has 3 aliphatic rings. The van der Waals surface area contributed by atoms with Crippen LogP contribution in [0, 0.1) is 11.8 Å². The minimum Gasteiger partial charge on any atom is -0.394 e. The third kappa shape index (κ3) is 6.60. The molecule has 46 heavy (non-hydrogen) atoms. The summed E-state index contributed by atoms with van der Waals surface area (Å²) in [6, 6.07) is 18.2. The van der Waals surface area contributed by atoms with Crippen LogP contribution < -0.4 is 0 Å². The standard InChI is InChI=1S/C37H46BrN3O4S/c1-4-7-14-21-39(19-5-2)36(45)33-37-23-29(38)32(46-37)30(34(43)40(20-6-3)24-27-17-12-9-13-18-27)31(37)35(44)41(33)28(25-42)22-26-15-10-8-11-16-26/h5-6,8-13,15-18,28-33,42H,2-4,7,14,19-25H2,1H3/t28-,29?,30-,31+,32-,33?,37?/m1/s1. The first kappa shape index (κ1) is 34.5. The molecule has 246 valence electrons. The fraction of sp³-hybridized carbons (Fsp3) is 0.486. The summed E-state index contributed by atoms with van der Waals surface area (Å²) in [4.78, 5) is 49.5. The summed E-state index contributed by atoms with van der Waals surface area (Å²) < 4.78 is -0.797. The number of carbonyl (C=O) groups excluding carboxylic acids is 3. The number of aliphatic hydroxyl groups is 1. The number of thioether (sulfide) groups is 1. The zero-order chi connectivity index (χ0) is 32.8. The molecule has 5 rings (SSSR count). The van der Waals surface area contributed by atoms with Crippen molar-refractivity contribution in [2.45, 2.75) is 72.5 Å². The molecule has 7 atom stereocenters. The van der Waals surface area contributed by atoms with E-state index < -0.39 is 28.7 Å². The monoisotopic (exact) mass is 707 g/mol. The van der Waals surface area contributed by atoms with E-state index in [1.165, 1.54) is 0 Å². The van der Waals surface area contributed by atoms with Crippen molar-refractivity contribution in [3.8, 4) is 0 Å². The third-order valence-corrected chi connectivity index (χ3v) is 13.0.